The van der Waals surface area contributed by atoms with Crippen LogP contribution in [0.25, 0.3) is 0 Å². The van der Waals surface area contributed by atoms with Crippen LogP contribution in [0.2, 0.25) is 0 Å². The van der Waals surface area contributed by atoms with Gasteiger partial charge in [0.25, 0.3) is 5.91 Å². The predicted molar refractivity (Wildman–Crippen MR) is 57.4 cm³/mol. The molecule has 16 heavy (non-hydrogen) atoms. The summed E-state index contributed by atoms with van der Waals surface area (Å²) in [4.78, 5) is 22.5. The van der Waals surface area contributed by atoms with E-state index in [0.717, 1.165) is 5.56 Å². The summed E-state index contributed by atoms with van der Waals surface area (Å²) in [5.41, 5.74) is 0.724. The Labute approximate surface area is 97.7 Å². The Hall–Kier alpha value is -1.49. The van der Waals surface area contributed by atoms with E-state index < -0.39 is 17.3 Å². The molecule has 0 radical (unpaired) electrons. The van der Waals surface area contributed by atoms with Gasteiger partial charge in [-0.3, -0.25) is 9.59 Å². The Morgan fingerprint density at radius 2 is 2.31 bits per heavy atom. The first kappa shape index (κ1) is 12.6. The third kappa shape index (κ3) is 3.00. The second-order valence-electron chi connectivity index (χ2n) is 3.13. The van der Waals surface area contributed by atoms with Gasteiger partial charge in [0.2, 0.25) is 0 Å². The molecule has 1 N–H and O–H groups in total. The average molecular weight is 246 g/mol. The van der Waals surface area contributed by atoms with Crippen LogP contribution < -0.4 is 5.32 Å². The summed E-state index contributed by atoms with van der Waals surface area (Å²) in [6.45, 7) is 1.74. The smallest absolute Gasteiger partial charge is 0.325 e. The minimum Gasteiger partial charge on any atom is -0.468 e. The number of rotatable bonds is 4. The van der Waals surface area contributed by atoms with Gasteiger partial charge in [-0.25, -0.2) is 0 Å². The number of nitrogens with one attached hydrogen (secondary N) is 1. The number of methoxy groups -OCH3 is 1. The number of ether oxygens (including phenoxy) is 1. The third-order valence-corrected chi connectivity index (χ3v) is 2.30. The highest BCUT2D eigenvalue weighted by atomic mass is 35.5. The lowest BCUT2D eigenvalue weighted by Gasteiger charge is -2.07. The van der Waals surface area contributed by atoms with Crippen molar-refractivity contribution in [2.75, 3.05) is 13.7 Å². The summed E-state index contributed by atoms with van der Waals surface area (Å²) in [6.07, 6.45) is 1.42. The number of halogens is 1. The maximum atomic E-state index is 11.5. The molecule has 0 spiro atoms. The first-order valence-corrected chi connectivity index (χ1v) is 5.04. The van der Waals surface area contributed by atoms with E-state index in [-0.39, 0.29) is 12.3 Å². The molecule has 1 atom stereocenters. The second-order valence-corrected chi connectivity index (χ2v) is 3.66. The normalized spacial score (nSPS) is 11.9. The molecule has 88 valence electrons. The van der Waals surface area contributed by atoms with Gasteiger partial charge in [0, 0.05) is 12.1 Å². The molecule has 6 heteroatoms. The van der Waals surface area contributed by atoms with Crippen LogP contribution in [-0.4, -0.2) is 30.9 Å². The van der Waals surface area contributed by atoms with Crippen LogP contribution in [0.3, 0.4) is 0 Å². The predicted octanol–water partition coefficient (Wildman–Crippen LogP) is 1.10. The Morgan fingerprint density at radius 1 is 1.62 bits per heavy atom. The van der Waals surface area contributed by atoms with E-state index in [0.29, 0.717) is 0 Å². The molecule has 0 aliphatic carbocycles. The van der Waals surface area contributed by atoms with Gasteiger partial charge in [-0.1, -0.05) is 0 Å². The molecule has 1 unspecified atom stereocenters. The van der Waals surface area contributed by atoms with E-state index >= 15 is 0 Å². The number of amides is 1. The van der Waals surface area contributed by atoms with Crippen LogP contribution in [-0.2, 0) is 9.53 Å². The van der Waals surface area contributed by atoms with Gasteiger partial charge >= 0.3 is 5.97 Å². The largest absolute Gasteiger partial charge is 0.468 e. The summed E-state index contributed by atoms with van der Waals surface area (Å²) in [5, 5.41) is 1.58. The Kier molecular flexibility index (Phi) is 4.37. The van der Waals surface area contributed by atoms with Crippen molar-refractivity contribution >= 4 is 23.5 Å². The molecule has 0 fully saturated rings. The van der Waals surface area contributed by atoms with Crippen LogP contribution in [0.5, 0.6) is 0 Å². The van der Waals surface area contributed by atoms with Crippen molar-refractivity contribution in [3.05, 3.63) is 23.7 Å². The lowest BCUT2D eigenvalue weighted by Crippen LogP contribution is -2.34. The zero-order valence-electron chi connectivity index (χ0n) is 8.95. The minimum absolute atomic E-state index is 0.00674. The molecule has 1 heterocycles. The van der Waals surface area contributed by atoms with Crippen molar-refractivity contribution in [2.24, 2.45) is 0 Å². The lowest BCUT2D eigenvalue weighted by molar-refractivity contribution is -0.140. The van der Waals surface area contributed by atoms with Crippen molar-refractivity contribution < 1.29 is 18.7 Å². The van der Waals surface area contributed by atoms with Crippen molar-refractivity contribution in [2.45, 2.75) is 12.3 Å². The molecule has 1 amide bonds. The highest BCUT2D eigenvalue weighted by Gasteiger charge is 2.18. The summed E-state index contributed by atoms with van der Waals surface area (Å²) in [6, 6.07) is 1.67. The summed E-state index contributed by atoms with van der Waals surface area (Å²) >= 11 is 5.66. The van der Waals surface area contributed by atoms with Crippen LogP contribution in [0.1, 0.15) is 16.1 Å². The Balaban J connectivity index is 2.48. The molecular formula is C10H12ClNO4. The van der Waals surface area contributed by atoms with Gasteiger partial charge in [-0.2, -0.15) is 0 Å². The number of furan rings is 1. The molecule has 0 saturated heterocycles. The van der Waals surface area contributed by atoms with Crippen molar-refractivity contribution in [3.63, 3.8) is 0 Å². The van der Waals surface area contributed by atoms with Crippen molar-refractivity contribution in [3.8, 4) is 0 Å². The molecule has 0 aliphatic rings. The van der Waals surface area contributed by atoms with Gasteiger partial charge in [0.15, 0.2) is 5.76 Å². The zero-order chi connectivity index (χ0) is 12.1. The molecular weight excluding hydrogens is 234 g/mol. The SMILES string of the molecule is COC(=O)C(Cl)CNC(=O)c1occc1C. The highest BCUT2D eigenvalue weighted by Crippen LogP contribution is 2.08. The monoisotopic (exact) mass is 245 g/mol. The van der Waals surface area contributed by atoms with E-state index in [9.17, 15) is 9.59 Å². The molecule has 5 nitrogen and oxygen atoms in total. The van der Waals surface area contributed by atoms with Gasteiger partial charge in [0.1, 0.15) is 5.38 Å². The molecule has 1 aromatic rings. The fraction of sp³-hybridized carbons (Fsp3) is 0.400. The van der Waals surface area contributed by atoms with E-state index in [1.165, 1.54) is 13.4 Å². The molecule has 1 rings (SSSR count). The van der Waals surface area contributed by atoms with Gasteiger partial charge in [-0.05, 0) is 13.0 Å². The van der Waals surface area contributed by atoms with Crippen LogP contribution >= 0.6 is 11.6 Å². The Bertz CT molecular complexity index is 388. The molecule has 0 bridgehead atoms. The number of carbonyl (C=O) groups is 2. The highest BCUT2D eigenvalue weighted by molar-refractivity contribution is 6.30. The number of aryl methyl sites for hydroxylation is 1. The summed E-state index contributed by atoms with van der Waals surface area (Å²) in [5.74, 6) is -0.774. The maximum absolute atomic E-state index is 11.5. The molecule has 0 saturated carbocycles. The number of esters is 1. The summed E-state index contributed by atoms with van der Waals surface area (Å²) < 4.78 is 9.39. The number of hydrogen-bond donors (Lipinski definition) is 1. The number of hydrogen-bond acceptors (Lipinski definition) is 4. The van der Waals surface area contributed by atoms with E-state index in [2.05, 4.69) is 10.1 Å². The van der Waals surface area contributed by atoms with Crippen LogP contribution in [0, 0.1) is 6.92 Å². The van der Waals surface area contributed by atoms with Gasteiger partial charge in [0.05, 0.1) is 13.4 Å². The van der Waals surface area contributed by atoms with E-state index in [1.54, 1.807) is 13.0 Å². The lowest BCUT2D eigenvalue weighted by atomic mass is 10.2. The second kappa shape index (κ2) is 5.55. The third-order valence-electron chi connectivity index (χ3n) is 1.97. The van der Waals surface area contributed by atoms with E-state index in [4.69, 9.17) is 16.0 Å². The van der Waals surface area contributed by atoms with Crippen molar-refractivity contribution in [1.82, 2.24) is 5.32 Å². The fourth-order valence-electron chi connectivity index (χ4n) is 1.08. The van der Waals surface area contributed by atoms with Gasteiger partial charge in [-0.15, -0.1) is 11.6 Å². The zero-order valence-corrected chi connectivity index (χ0v) is 9.71. The Morgan fingerprint density at radius 3 is 2.81 bits per heavy atom. The first-order chi connectivity index (χ1) is 7.56. The average Bonchev–Trinajstić information content (AvgIpc) is 2.70. The van der Waals surface area contributed by atoms with E-state index in [1.807, 2.05) is 0 Å². The number of alkyl halides is 1. The minimum atomic E-state index is -0.899. The van der Waals surface area contributed by atoms with Crippen LogP contribution in [0.4, 0.5) is 0 Å². The molecule has 0 aromatic carbocycles. The van der Waals surface area contributed by atoms with Gasteiger partial charge < -0.3 is 14.5 Å². The molecule has 0 aliphatic heterocycles. The topological polar surface area (TPSA) is 68.5 Å². The summed E-state index contributed by atoms with van der Waals surface area (Å²) in [7, 11) is 1.23. The van der Waals surface area contributed by atoms with Crippen molar-refractivity contribution in [1.29, 1.82) is 0 Å². The number of carbonyl (C=O) groups excluding carboxylic acids is 2. The van der Waals surface area contributed by atoms with Crippen LogP contribution in [0.15, 0.2) is 16.7 Å². The fourth-order valence-corrected chi connectivity index (χ4v) is 1.25. The molecule has 1 aromatic heterocycles. The first-order valence-electron chi connectivity index (χ1n) is 4.60. The maximum Gasteiger partial charge on any atom is 0.325 e. The quantitative estimate of drug-likeness (QED) is 0.637. The standard InChI is InChI=1S/C10H12ClNO4/c1-6-3-4-16-8(6)9(13)12-5-7(11)10(14)15-2/h3-4,7H,5H2,1-2H3,(H,12,13).